The first-order chi connectivity index (χ1) is 12.8. The van der Waals surface area contributed by atoms with E-state index in [-0.39, 0.29) is 4.90 Å². The van der Waals surface area contributed by atoms with Gasteiger partial charge in [-0.05, 0) is 49.7 Å². The number of sulfonamides is 1. The van der Waals surface area contributed by atoms with Crippen LogP contribution >= 0.6 is 0 Å². The summed E-state index contributed by atoms with van der Waals surface area (Å²) in [6.07, 6.45) is 0. The van der Waals surface area contributed by atoms with Gasteiger partial charge in [-0.25, -0.2) is 8.42 Å². The third-order valence-corrected chi connectivity index (χ3v) is 5.64. The highest BCUT2D eigenvalue weighted by Crippen LogP contribution is 2.29. The fourth-order valence-electron chi connectivity index (χ4n) is 2.53. The largest absolute Gasteiger partial charge is 0.496 e. The van der Waals surface area contributed by atoms with Gasteiger partial charge in [-0.15, -0.1) is 0 Å². The summed E-state index contributed by atoms with van der Waals surface area (Å²) >= 11 is 0. The van der Waals surface area contributed by atoms with E-state index in [4.69, 9.17) is 9.47 Å². The predicted molar refractivity (Wildman–Crippen MR) is 102 cm³/mol. The Bertz CT molecular complexity index is 910. The third kappa shape index (κ3) is 4.71. The molecule has 0 heterocycles. The summed E-state index contributed by atoms with van der Waals surface area (Å²) in [4.78, 5) is 11.9. The topological polar surface area (TPSA) is 82.1 Å². The molecule has 0 unspecified atom stereocenters. The Hall–Kier alpha value is -2.74. The molecule has 0 N–H and O–H groups in total. The Morgan fingerprint density at radius 3 is 2.44 bits per heavy atom. The first kappa shape index (κ1) is 20.6. The molecule has 7 nitrogen and oxygen atoms in total. The van der Waals surface area contributed by atoms with Crippen molar-refractivity contribution in [1.29, 1.82) is 0 Å². The average Bonchev–Trinajstić information content (AvgIpc) is 2.66. The molecule has 0 aliphatic rings. The summed E-state index contributed by atoms with van der Waals surface area (Å²) in [7, 11) is -1.29. The number of benzene rings is 2. The quantitative estimate of drug-likeness (QED) is 0.642. The second-order valence-electron chi connectivity index (χ2n) is 5.65. The number of nitrogens with zero attached hydrogens (tertiary/aromatic N) is 1. The molecular formula is C19H23NO6S. The fourth-order valence-corrected chi connectivity index (χ4v) is 4.02. The summed E-state index contributed by atoms with van der Waals surface area (Å²) in [6, 6.07) is 11.1. The lowest BCUT2D eigenvalue weighted by atomic mass is 10.2. The van der Waals surface area contributed by atoms with E-state index in [9.17, 15) is 13.2 Å². The van der Waals surface area contributed by atoms with Crippen molar-refractivity contribution < 1.29 is 27.4 Å². The Labute approximate surface area is 159 Å². The second-order valence-corrected chi connectivity index (χ2v) is 7.51. The van der Waals surface area contributed by atoms with Crippen LogP contribution in [0.15, 0.2) is 47.4 Å². The number of methoxy groups -OCH3 is 2. The van der Waals surface area contributed by atoms with E-state index in [1.807, 2.05) is 6.92 Å². The zero-order valence-electron chi connectivity index (χ0n) is 15.8. The summed E-state index contributed by atoms with van der Waals surface area (Å²) in [6.45, 7) is 3.55. The zero-order chi connectivity index (χ0) is 20.0. The van der Waals surface area contributed by atoms with Gasteiger partial charge in [-0.2, -0.15) is 0 Å². The number of aryl methyl sites for hydroxylation is 1. The van der Waals surface area contributed by atoms with Crippen LogP contribution < -0.4 is 13.8 Å². The smallest absolute Gasteiger partial charge is 0.326 e. The van der Waals surface area contributed by atoms with Gasteiger partial charge in [0.2, 0.25) is 0 Å². The molecular weight excluding hydrogens is 370 g/mol. The van der Waals surface area contributed by atoms with Crippen LogP contribution in [0.4, 0.5) is 5.69 Å². The molecule has 0 fully saturated rings. The van der Waals surface area contributed by atoms with Crippen molar-refractivity contribution >= 4 is 21.7 Å². The van der Waals surface area contributed by atoms with Gasteiger partial charge >= 0.3 is 5.97 Å². The molecule has 0 atom stereocenters. The van der Waals surface area contributed by atoms with Gasteiger partial charge in [0.25, 0.3) is 10.0 Å². The van der Waals surface area contributed by atoms with Gasteiger partial charge in [0.05, 0.1) is 31.4 Å². The molecule has 0 spiro atoms. The van der Waals surface area contributed by atoms with Crippen LogP contribution in [0, 0.1) is 6.92 Å². The molecule has 0 amide bonds. The van der Waals surface area contributed by atoms with Crippen molar-refractivity contribution in [2.24, 2.45) is 0 Å². The number of carbonyl (C=O) groups excluding carboxylic acids is 1. The van der Waals surface area contributed by atoms with E-state index in [0.717, 1.165) is 4.31 Å². The van der Waals surface area contributed by atoms with E-state index < -0.39 is 22.5 Å². The number of hydrogen-bond donors (Lipinski definition) is 0. The van der Waals surface area contributed by atoms with E-state index in [1.165, 1.54) is 26.4 Å². The SMILES string of the molecule is CCOc1cccc(N(CC(=O)OC)S(=O)(=O)c2ccc(OC)c(C)c2)c1. The highest BCUT2D eigenvalue weighted by atomic mass is 32.2. The third-order valence-electron chi connectivity index (χ3n) is 3.87. The first-order valence-corrected chi connectivity index (χ1v) is 9.74. The molecule has 2 aromatic carbocycles. The Morgan fingerprint density at radius 1 is 1.11 bits per heavy atom. The van der Waals surface area contributed by atoms with Gasteiger partial charge < -0.3 is 14.2 Å². The van der Waals surface area contributed by atoms with E-state index in [0.29, 0.717) is 29.4 Å². The van der Waals surface area contributed by atoms with Crippen molar-refractivity contribution in [3.8, 4) is 11.5 Å². The van der Waals surface area contributed by atoms with Gasteiger partial charge in [0.1, 0.15) is 18.0 Å². The lowest BCUT2D eigenvalue weighted by Crippen LogP contribution is -2.36. The van der Waals surface area contributed by atoms with E-state index >= 15 is 0 Å². The molecule has 0 saturated heterocycles. The lowest BCUT2D eigenvalue weighted by molar-refractivity contribution is -0.138. The molecule has 2 aromatic rings. The number of esters is 1. The second kappa shape index (κ2) is 8.77. The lowest BCUT2D eigenvalue weighted by Gasteiger charge is -2.24. The minimum absolute atomic E-state index is 0.0477. The highest BCUT2D eigenvalue weighted by molar-refractivity contribution is 7.92. The number of rotatable bonds is 8. The van der Waals surface area contributed by atoms with Gasteiger partial charge in [-0.1, -0.05) is 6.07 Å². The van der Waals surface area contributed by atoms with E-state index in [2.05, 4.69) is 4.74 Å². The van der Waals surface area contributed by atoms with Crippen LogP contribution in [0.1, 0.15) is 12.5 Å². The number of hydrogen-bond acceptors (Lipinski definition) is 6. The zero-order valence-corrected chi connectivity index (χ0v) is 16.6. The molecule has 0 aliphatic carbocycles. The molecule has 0 radical (unpaired) electrons. The predicted octanol–water partition coefficient (Wildman–Crippen LogP) is 2.77. The minimum Gasteiger partial charge on any atom is -0.496 e. The van der Waals surface area contributed by atoms with Crippen LogP contribution in [0.5, 0.6) is 11.5 Å². The maximum absolute atomic E-state index is 13.2. The van der Waals surface area contributed by atoms with Crippen LogP contribution in [0.2, 0.25) is 0 Å². The monoisotopic (exact) mass is 393 g/mol. The molecule has 27 heavy (non-hydrogen) atoms. The fraction of sp³-hybridized carbons (Fsp3) is 0.316. The highest BCUT2D eigenvalue weighted by Gasteiger charge is 2.28. The van der Waals surface area contributed by atoms with Crippen LogP contribution in [-0.2, 0) is 19.6 Å². The van der Waals surface area contributed by atoms with E-state index in [1.54, 1.807) is 37.3 Å². The Balaban J connectivity index is 2.53. The number of ether oxygens (including phenoxy) is 3. The van der Waals surface area contributed by atoms with Crippen LogP contribution in [0.25, 0.3) is 0 Å². The van der Waals surface area contributed by atoms with Crippen LogP contribution in [-0.4, -0.2) is 41.8 Å². The van der Waals surface area contributed by atoms with Gasteiger partial charge in [0, 0.05) is 6.07 Å². The summed E-state index contributed by atoms with van der Waals surface area (Å²) < 4.78 is 42.8. The molecule has 0 aromatic heterocycles. The summed E-state index contributed by atoms with van der Waals surface area (Å²) in [5.74, 6) is 0.406. The summed E-state index contributed by atoms with van der Waals surface area (Å²) in [5, 5.41) is 0. The minimum atomic E-state index is -4.02. The molecule has 0 aliphatic heterocycles. The number of carbonyl (C=O) groups is 1. The van der Waals surface area contributed by atoms with Crippen molar-refractivity contribution in [3.05, 3.63) is 48.0 Å². The standard InChI is InChI=1S/C19H23NO6S/c1-5-26-16-8-6-7-15(12-16)20(13-19(21)25-4)27(22,23)17-9-10-18(24-3)14(2)11-17/h6-12H,5,13H2,1-4H3. The summed E-state index contributed by atoms with van der Waals surface area (Å²) in [5.41, 5.74) is 0.972. The molecule has 2 rings (SSSR count). The Kier molecular flexibility index (Phi) is 6.68. The average molecular weight is 393 g/mol. The maximum Gasteiger partial charge on any atom is 0.326 e. The van der Waals surface area contributed by atoms with Crippen molar-refractivity contribution in [2.45, 2.75) is 18.7 Å². The molecule has 146 valence electrons. The van der Waals surface area contributed by atoms with Crippen molar-refractivity contribution in [1.82, 2.24) is 0 Å². The van der Waals surface area contributed by atoms with Gasteiger partial charge in [-0.3, -0.25) is 9.10 Å². The van der Waals surface area contributed by atoms with Crippen LogP contribution in [0.3, 0.4) is 0 Å². The van der Waals surface area contributed by atoms with Gasteiger partial charge in [0.15, 0.2) is 0 Å². The molecule has 8 heteroatoms. The maximum atomic E-state index is 13.2. The molecule has 0 bridgehead atoms. The molecule has 0 saturated carbocycles. The Morgan fingerprint density at radius 2 is 1.85 bits per heavy atom. The van der Waals surface area contributed by atoms with Crippen molar-refractivity contribution in [2.75, 3.05) is 31.7 Å². The van der Waals surface area contributed by atoms with Crippen molar-refractivity contribution in [3.63, 3.8) is 0 Å². The normalized spacial score (nSPS) is 11.0. The first-order valence-electron chi connectivity index (χ1n) is 8.30. The number of anilines is 1.